The van der Waals surface area contributed by atoms with Crippen molar-refractivity contribution in [2.24, 2.45) is 0 Å². The summed E-state index contributed by atoms with van der Waals surface area (Å²) in [7, 11) is 0. The highest BCUT2D eigenvalue weighted by Gasteiger charge is 2.34. The molecule has 0 fully saturated rings. The van der Waals surface area contributed by atoms with Gasteiger partial charge in [0.15, 0.2) is 5.82 Å². The lowest BCUT2D eigenvalue weighted by molar-refractivity contribution is -0.147. The third-order valence-electron chi connectivity index (χ3n) is 6.51. The minimum absolute atomic E-state index is 0.170. The van der Waals surface area contributed by atoms with Gasteiger partial charge in [0.2, 0.25) is 5.67 Å². The van der Waals surface area contributed by atoms with Crippen LogP contribution >= 0.6 is 0 Å². The number of benzene rings is 2. The minimum Gasteiger partial charge on any atom is -0.424 e. The van der Waals surface area contributed by atoms with Gasteiger partial charge < -0.3 is 4.74 Å². The molecule has 0 aliphatic heterocycles. The molecule has 192 valence electrons. The number of aromatic nitrogens is 2. The van der Waals surface area contributed by atoms with Crippen LogP contribution in [-0.4, -0.2) is 21.6 Å². The van der Waals surface area contributed by atoms with Gasteiger partial charge in [-0.1, -0.05) is 88.8 Å². The van der Waals surface area contributed by atoms with Crippen LogP contribution in [0.4, 0.5) is 4.39 Å². The molecule has 0 amide bonds. The number of hydrogen-bond acceptors (Lipinski definition) is 4. The number of hydrogen-bond donors (Lipinski definition) is 0. The summed E-state index contributed by atoms with van der Waals surface area (Å²) < 4.78 is 19.9. The Balaban J connectivity index is 1.55. The van der Waals surface area contributed by atoms with Gasteiger partial charge in [0.05, 0.1) is 0 Å². The molecule has 1 unspecified atom stereocenters. The van der Waals surface area contributed by atoms with Gasteiger partial charge >= 0.3 is 5.97 Å². The van der Waals surface area contributed by atoms with E-state index in [1.807, 2.05) is 19.1 Å². The van der Waals surface area contributed by atoms with Gasteiger partial charge in [-0.2, -0.15) is 0 Å². The molecule has 3 rings (SSSR count). The molecule has 0 spiro atoms. The lowest BCUT2D eigenvalue weighted by Gasteiger charge is -2.18. The van der Waals surface area contributed by atoms with Crippen LogP contribution in [0.25, 0.3) is 22.5 Å². The summed E-state index contributed by atoms with van der Waals surface area (Å²) >= 11 is 0. The Morgan fingerprint density at radius 3 is 2.00 bits per heavy atom. The van der Waals surface area contributed by atoms with E-state index in [1.54, 1.807) is 24.5 Å². The van der Waals surface area contributed by atoms with Crippen LogP contribution in [0.2, 0.25) is 0 Å². The number of carbonyl (C=O) groups excluding carboxylic acids is 1. The van der Waals surface area contributed by atoms with Crippen molar-refractivity contribution in [3.05, 3.63) is 66.5 Å². The van der Waals surface area contributed by atoms with E-state index >= 15 is 0 Å². The average molecular weight is 491 g/mol. The van der Waals surface area contributed by atoms with Gasteiger partial charge in [-0.05, 0) is 55.9 Å². The molecule has 0 saturated heterocycles. The average Bonchev–Trinajstić information content (AvgIpc) is 2.89. The third kappa shape index (κ3) is 8.25. The first-order valence-corrected chi connectivity index (χ1v) is 13.4. The Bertz CT molecular complexity index is 1060. The second-order valence-electron chi connectivity index (χ2n) is 9.72. The zero-order chi connectivity index (χ0) is 25.8. The van der Waals surface area contributed by atoms with Gasteiger partial charge in [-0.25, -0.2) is 19.2 Å². The minimum atomic E-state index is -1.98. The highest BCUT2D eigenvalue weighted by molar-refractivity contribution is 5.81. The zero-order valence-corrected chi connectivity index (χ0v) is 21.9. The van der Waals surface area contributed by atoms with E-state index in [2.05, 4.69) is 41.2 Å². The molecule has 1 aromatic heterocycles. The monoisotopic (exact) mass is 490 g/mol. The molecule has 0 bridgehead atoms. The maximum Gasteiger partial charge on any atom is 0.348 e. The van der Waals surface area contributed by atoms with Crippen LogP contribution in [0.3, 0.4) is 0 Å². The molecule has 1 heterocycles. The summed E-state index contributed by atoms with van der Waals surface area (Å²) in [5.74, 6) is 0.164. The van der Waals surface area contributed by atoms with Crippen LogP contribution in [0.1, 0.15) is 84.1 Å². The van der Waals surface area contributed by atoms with Gasteiger partial charge in [0, 0.05) is 23.5 Å². The van der Waals surface area contributed by atoms with Gasteiger partial charge in [0.1, 0.15) is 5.75 Å². The van der Waals surface area contributed by atoms with Crippen LogP contribution in [0.15, 0.2) is 60.9 Å². The Morgan fingerprint density at radius 2 is 1.36 bits per heavy atom. The van der Waals surface area contributed by atoms with Gasteiger partial charge in [0.25, 0.3) is 0 Å². The van der Waals surface area contributed by atoms with Crippen molar-refractivity contribution in [2.75, 3.05) is 0 Å². The number of carbonyl (C=O) groups is 1. The molecule has 2 aromatic carbocycles. The number of rotatable bonds is 14. The van der Waals surface area contributed by atoms with E-state index in [0.29, 0.717) is 18.0 Å². The maximum atomic E-state index is 14.6. The molecular weight excluding hydrogens is 451 g/mol. The quantitative estimate of drug-likeness (QED) is 0.129. The van der Waals surface area contributed by atoms with Crippen molar-refractivity contribution in [3.63, 3.8) is 0 Å². The fraction of sp³-hybridized carbons (Fsp3) is 0.452. The first kappa shape index (κ1) is 27.5. The summed E-state index contributed by atoms with van der Waals surface area (Å²) in [5, 5.41) is 0. The number of ether oxygens (including phenoxy) is 1. The smallest absolute Gasteiger partial charge is 0.348 e. The number of aryl methyl sites for hydroxylation is 1. The Hall–Kier alpha value is -3.08. The molecular formula is C31H39FN2O2. The van der Waals surface area contributed by atoms with Crippen molar-refractivity contribution in [1.82, 2.24) is 9.97 Å². The van der Waals surface area contributed by atoms with Crippen molar-refractivity contribution < 1.29 is 13.9 Å². The van der Waals surface area contributed by atoms with Crippen molar-refractivity contribution in [3.8, 4) is 28.3 Å². The molecule has 3 aromatic rings. The normalized spacial score (nSPS) is 12.8. The number of unbranched alkanes of at least 4 members (excludes halogenated alkanes) is 6. The summed E-state index contributed by atoms with van der Waals surface area (Å²) in [4.78, 5) is 21.3. The predicted octanol–water partition coefficient (Wildman–Crippen LogP) is 8.54. The fourth-order valence-electron chi connectivity index (χ4n) is 4.12. The van der Waals surface area contributed by atoms with Crippen molar-refractivity contribution >= 4 is 5.97 Å². The molecule has 0 aliphatic rings. The van der Waals surface area contributed by atoms with E-state index < -0.39 is 11.6 Å². The largest absolute Gasteiger partial charge is 0.424 e. The molecule has 0 radical (unpaired) electrons. The van der Waals surface area contributed by atoms with Crippen molar-refractivity contribution in [1.29, 1.82) is 0 Å². The fourth-order valence-corrected chi connectivity index (χ4v) is 4.12. The number of nitrogens with zero attached hydrogens (tertiary/aromatic N) is 2. The highest BCUT2D eigenvalue weighted by atomic mass is 19.1. The first-order valence-electron chi connectivity index (χ1n) is 13.4. The highest BCUT2D eigenvalue weighted by Crippen LogP contribution is 2.26. The van der Waals surface area contributed by atoms with E-state index in [1.165, 1.54) is 44.6 Å². The van der Waals surface area contributed by atoms with E-state index in [9.17, 15) is 9.18 Å². The second-order valence-corrected chi connectivity index (χ2v) is 9.72. The van der Waals surface area contributed by atoms with Crippen LogP contribution in [-0.2, 0) is 11.2 Å². The van der Waals surface area contributed by atoms with Crippen LogP contribution in [0, 0.1) is 0 Å². The van der Waals surface area contributed by atoms with E-state index in [4.69, 9.17) is 4.74 Å². The third-order valence-corrected chi connectivity index (χ3v) is 6.51. The number of esters is 1. The zero-order valence-electron chi connectivity index (χ0n) is 21.9. The molecule has 5 heteroatoms. The van der Waals surface area contributed by atoms with Crippen LogP contribution < -0.4 is 4.74 Å². The SMILES string of the molecule is CCCCCCCc1ccc(-c2ncc(-c3ccc(OC(=O)C(C)(F)CCCCC)cc3)cn2)cc1. The van der Waals surface area contributed by atoms with Gasteiger partial charge in [-0.15, -0.1) is 0 Å². The lowest BCUT2D eigenvalue weighted by Crippen LogP contribution is -2.34. The molecule has 4 nitrogen and oxygen atoms in total. The summed E-state index contributed by atoms with van der Waals surface area (Å²) in [6.07, 6.45) is 13.8. The first-order chi connectivity index (χ1) is 17.4. The van der Waals surface area contributed by atoms with Gasteiger partial charge in [-0.3, -0.25) is 0 Å². The Labute approximate surface area is 215 Å². The summed E-state index contributed by atoms with van der Waals surface area (Å²) in [6, 6.07) is 15.5. The maximum absolute atomic E-state index is 14.6. The second kappa shape index (κ2) is 13.9. The van der Waals surface area contributed by atoms with Crippen LogP contribution in [0.5, 0.6) is 5.75 Å². The predicted molar refractivity (Wildman–Crippen MR) is 145 cm³/mol. The summed E-state index contributed by atoms with van der Waals surface area (Å²) in [6.45, 7) is 5.57. The Kier molecular flexibility index (Phi) is 10.6. The van der Waals surface area contributed by atoms with E-state index in [-0.39, 0.29) is 6.42 Å². The molecule has 1 atom stereocenters. The molecule has 0 N–H and O–H groups in total. The summed E-state index contributed by atoms with van der Waals surface area (Å²) in [5.41, 5.74) is 2.11. The van der Waals surface area contributed by atoms with E-state index in [0.717, 1.165) is 36.0 Å². The topological polar surface area (TPSA) is 52.1 Å². The van der Waals surface area contributed by atoms with Crippen molar-refractivity contribution in [2.45, 2.75) is 90.6 Å². The lowest BCUT2D eigenvalue weighted by atomic mass is 10.0. The Morgan fingerprint density at radius 1 is 0.778 bits per heavy atom. The molecule has 36 heavy (non-hydrogen) atoms. The molecule has 0 aliphatic carbocycles. The number of halogens is 1. The molecule has 0 saturated carbocycles. The standard InChI is InChI=1S/C31H39FN2O2/c1-4-6-8-9-10-12-24-13-15-26(16-14-24)29-33-22-27(23-34-29)25-17-19-28(20-18-25)36-30(35)31(3,32)21-11-7-5-2/h13-20,22-23H,4-12,21H2,1-3H3. The number of alkyl halides is 1.